The average molecular weight is 397 g/mol. The van der Waals surface area contributed by atoms with Gasteiger partial charge in [0, 0.05) is 35.2 Å². The van der Waals surface area contributed by atoms with E-state index in [1.54, 1.807) is 30.7 Å². The fourth-order valence-electron chi connectivity index (χ4n) is 2.28. The quantitative estimate of drug-likeness (QED) is 0.677. The Morgan fingerprint density at radius 3 is 2.64 bits per heavy atom. The van der Waals surface area contributed by atoms with E-state index in [9.17, 15) is 4.79 Å². The summed E-state index contributed by atoms with van der Waals surface area (Å²) in [5, 5.41) is 6.12. The second-order valence-corrected chi connectivity index (χ2v) is 6.43. The van der Waals surface area contributed by atoms with E-state index >= 15 is 0 Å². The predicted molar refractivity (Wildman–Crippen MR) is 102 cm³/mol. The molecular weight excluding hydrogens is 380 g/mol. The van der Waals surface area contributed by atoms with Gasteiger partial charge < -0.3 is 10.6 Å². The van der Waals surface area contributed by atoms with E-state index in [0.717, 1.165) is 21.3 Å². The molecule has 0 aliphatic carbocycles. The molecule has 0 spiro atoms. The predicted octanol–water partition coefficient (Wildman–Crippen LogP) is 4.22. The number of pyridine rings is 2. The van der Waals surface area contributed by atoms with Gasteiger partial charge in [0.15, 0.2) is 0 Å². The molecule has 0 radical (unpaired) electrons. The molecule has 0 fully saturated rings. The smallest absolute Gasteiger partial charge is 0.251 e. The summed E-state index contributed by atoms with van der Waals surface area (Å²) in [5.41, 5.74) is 3.61. The highest BCUT2D eigenvalue weighted by atomic mass is 79.9. The summed E-state index contributed by atoms with van der Waals surface area (Å²) in [4.78, 5) is 20.6. The van der Waals surface area contributed by atoms with E-state index in [1.807, 2.05) is 37.3 Å². The monoisotopic (exact) mass is 396 g/mol. The number of benzene rings is 1. The third-order valence-electron chi connectivity index (χ3n) is 3.61. The first-order valence-corrected chi connectivity index (χ1v) is 8.57. The van der Waals surface area contributed by atoms with Gasteiger partial charge in [0.25, 0.3) is 5.91 Å². The van der Waals surface area contributed by atoms with Crippen LogP contribution in [0.15, 0.2) is 65.5 Å². The van der Waals surface area contributed by atoms with Gasteiger partial charge in [0.05, 0.1) is 5.69 Å². The molecule has 1 aromatic carbocycles. The van der Waals surface area contributed by atoms with Crippen molar-refractivity contribution in [3.63, 3.8) is 0 Å². The lowest BCUT2D eigenvalue weighted by molar-refractivity contribution is 0.0951. The molecule has 0 atom stereocenters. The highest BCUT2D eigenvalue weighted by molar-refractivity contribution is 9.10. The Hall–Kier alpha value is -2.73. The van der Waals surface area contributed by atoms with E-state index in [2.05, 4.69) is 36.5 Å². The Morgan fingerprint density at radius 2 is 1.88 bits per heavy atom. The molecule has 0 unspecified atom stereocenters. The van der Waals surface area contributed by atoms with Crippen molar-refractivity contribution in [3.8, 4) is 0 Å². The zero-order valence-corrected chi connectivity index (χ0v) is 15.2. The summed E-state index contributed by atoms with van der Waals surface area (Å²) in [7, 11) is 0. The van der Waals surface area contributed by atoms with Crippen molar-refractivity contribution in [2.45, 2.75) is 13.5 Å². The van der Waals surface area contributed by atoms with Crippen LogP contribution in [0.2, 0.25) is 0 Å². The van der Waals surface area contributed by atoms with Crippen LogP contribution in [0, 0.1) is 6.92 Å². The molecule has 126 valence electrons. The normalized spacial score (nSPS) is 10.3. The maximum Gasteiger partial charge on any atom is 0.251 e. The van der Waals surface area contributed by atoms with Crippen molar-refractivity contribution >= 4 is 33.3 Å². The van der Waals surface area contributed by atoms with Crippen LogP contribution >= 0.6 is 15.9 Å². The third kappa shape index (κ3) is 4.64. The summed E-state index contributed by atoms with van der Waals surface area (Å²) in [5.74, 6) is 0.464. The highest BCUT2D eigenvalue weighted by Crippen LogP contribution is 2.26. The zero-order valence-electron chi connectivity index (χ0n) is 13.7. The van der Waals surface area contributed by atoms with Crippen LogP contribution in [0.3, 0.4) is 0 Å². The first-order chi connectivity index (χ1) is 12.1. The van der Waals surface area contributed by atoms with Crippen LogP contribution in [-0.2, 0) is 6.54 Å². The molecule has 2 heterocycles. The number of hydrogen-bond donors (Lipinski definition) is 2. The topological polar surface area (TPSA) is 66.9 Å². The molecule has 3 rings (SSSR count). The van der Waals surface area contributed by atoms with Gasteiger partial charge in [-0.3, -0.25) is 9.78 Å². The van der Waals surface area contributed by atoms with Crippen molar-refractivity contribution in [3.05, 3.63) is 82.2 Å². The standard InChI is InChI=1S/C19H17BrN4O/c1-13-2-3-17(16(20)10-13)24-18-11-15(6-9-22-18)19(25)23-12-14-4-7-21-8-5-14/h2-11H,12H2,1H3,(H,22,24)(H,23,25). The SMILES string of the molecule is Cc1ccc(Nc2cc(C(=O)NCc3ccncc3)ccn2)c(Br)c1. The van der Waals surface area contributed by atoms with Gasteiger partial charge in [-0.2, -0.15) is 0 Å². The molecule has 2 N–H and O–H groups in total. The Balaban J connectivity index is 1.69. The summed E-state index contributed by atoms with van der Waals surface area (Å²) in [6.07, 6.45) is 5.02. The minimum atomic E-state index is -0.148. The van der Waals surface area contributed by atoms with Crippen molar-refractivity contribution < 1.29 is 4.79 Å². The number of aromatic nitrogens is 2. The second kappa shape index (κ2) is 7.90. The number of nitrogens with zero attached hydrogens (tertiary/aromatic N) is 2. The number of carbonyl (C=O) groups is 1. The largest absolute Gasteiger partial charge is 0.348 e. The molecule has 0 saturated carbocycles. The number of anilines is 2. The lowest BCUT2D eigenvalue weighted by Gasteiger charge is -2.10. The minimum absolute atomic E-state index is 0.148. The molecule has 0 aliphatic heterocycles. The summed E-state index contributed by atoms with van der Waals surface area (Å²) in [6, 6.07) is 13.2. The highest BCUT2D eigenvalue weighted by Gasteiger charge is 2.08. The first-order valence-electron chi connectivity index (χ1n) is 7.78. The lowest BCUT2D eigenvalue weighted by atomic mass is 10.2. The van der Waals surface area contributed by atoms with E-state index in [-0.39, 0.29) is 5.91 Å². The van der Waals surface area contributed by atoms with Gasteiger partial charge in [0.2, 0.25) is 0 Å². The lowest BCUT2D eigenvalue weighted by Crippen LogP contribution is -2.22. The fraction of sp³-hybridized carbons (Fsp3) is 0.105. The van der Waals surface area contributed by atoms with Crippen molar-refractivity contribution in [2.24, 2.45) is 0 Å². The Bertz CT molecular complexity index is 884. The summed E-state index contributed by atoms with van der Waals surface area (Å²) < 4.78 is 0.946. The van der Waals surface area contributed by atoms with E-state index in [4.69, 9.17) is 0 Å². The van der Waals surface area contributed by atoms with Crippen molar-refractivity contribution in [1.82, 2.24) is 15.3 Å². The van der Waals surface area contributed by atoms with Gasteiger partial charge in [0.1, 0.15) is 5.82 Å². The molecule has 6 heteroatoms. The van der Waals surface area contributed by atoms with Crippen molar-refractivity contribution in [2.75, 3.05) is 5.32 Å². The van der Waals surface area contributed by atoms with Crippen molar-refractivity contribution in [1.29, 1.82) is 0 Å². The minimum Gasteiger partial charge on any atom is -0.348 e. The molecule has 0 saturated heterocycles. The number of nitrogens with one attached hydrogen (secondary N) is 2. The summed E-state index contributed by atoms with van der Waals surface area (Å²) >= 11 is 3.53. The molecule has 1 amide bonds. The average Bonchev–Trinajstić information content (AvgIpc) is 2.63. The first kappa shape index (κ1) is 17.1. The molecule has 2 aromatic heterocycles. The van der Waals surface area contributed by atoms with Gasteiger partial charge in [-0.1, -0.05) is 6.07 Å². The molecule has 3 aromatic rings. The van der Waals surface area contributed by atoms with E-state index < -0.39 is 0 Å². The number of aryl methyl sites for hydroxylation is 1. The fourth-order valence-corrected chi connectivity index (χ4v) is 2.88. The number of rotatable bonds is 5. The van der Waals surface area contributed by atoms with Crippen LogP contribution in [0.1, 0.15) is 21.5 Å². The maximum absolute atomic E-state index is 12.3. The Morgan fingerprint density at radius 1 is 1.08 bits per heavy atom. The van der Waals surface area contributed by atoms with Gasteiger partial charge in [-0.05, 0) is 70.4 Å². The van der Waals surface area contributed by atoms with Crippen LogP contribution < -0.4 is 10.6 Å². The summed E-state index contributed by atoms with van der Waals surface area (Å²) in [6.45, 7) is 2.48. The number of carbonyl (C=O) groups excluding carboxylic acids is 1. The Kier molecular flexibility index (Phi) is 5.40. The van der Waals surface area contributed by atoms with E-state index in [1.165, 1.54) is 0 Å². The molecule has 25 heavy (non-hydrogen) atoms. The van der Waals surface area contributed by atoms with Crippen LogP contribution in [-0.4, -0.2) is 15.9 Å². The maximum atomic E-state index is 12.3. The number of hydrogen-bond acceptors (Lipinski definition) is 4. The molecule has 0 aliphatic rings. The van der Waals surface area contributed by atoms with Crippen LogP contribution in [0.4, 0.5) is 11.5 Å². The zero-order chi connectivity index (χ0) is 17.6. The van der Waals surface area contributed by atoms with Gasteiger partial charge >= 0.3 is 0 Å². The number of amides is 1. The molecule has 0 bridgehead atoms. The van der Waals surface area contributed by atoms with E-state index in [0.29, 0.717) is 17.9 Å². The Labute approximate surface area is 154 Å². The molecular formula is C19H17BrN4O. The molecule has 5 nitrogen and oxygen atoms in total. The van der Waals surface area contributed by atoms with Gasteiger partial charge in [-0.25, -0.2) is 4.98 Å². The van der Waals surface area contributed by atoms with Crippen LogP contribution in [0.25, 0.3) is 0 Å². The van der Waals surface area contributed by atoms with Crippen LogP contribution in [0.5, 0.6) is 0 Å². The third-order valence-corrected chi connectivity index (χ3v) is 4.27. The van der Waals surface area contributed by atoms with Gasteiger partial charge in [-0.15, -0.1) is 0 Å². The number of halogens is 1. The second-order valence-electron chi connectivity index (χ2n) is 5.58.